The summed E-state index contributed by atoms with van der Waals surface area (Å²) in [5, 5.41) is 0. The molecule has 0 N–H and O–H groups in total. The van der Waals surface area contributed by atoms with Gasteiger partial charge in [-0.15, -0.1) is 11.6 Å². The van der Waals surface area contributed by atoms with Crippen molar-refractivity contribution in [1.29, 1.82) is 0 Å². The fraction of sp³-hybridized carbons (Fsp3) is 0.222. The van der Waals surface area contributed by atoms with E-state index in [1.165, 1.54) is 11.1 Å². The molecule has 0 nitrogen and oxygen atoms in total. The van der Waals surface area contributed by atoms with Gasteiger partial charge in [0.2, 0.25) is 0 Å². The molecule has 0 saturated heterocycles. The van der Waals surface area contributed by atoms with Gasteiger partial charge < -0.3 is 0 Å². The summed E-state index contributed by atoms with van der Waals surface area (Å²) >= 11 is 5.61. The van der Waals surface area contributed by atoms with Crippen molar-refractivity contribution in [2.24, 2.45) is 0 Å². The first-order chi connectivity index (χ1) is 4.86. The maximum Gasteiger partial charge on any atom is 0.0474 e. The molecule has 0 spiro atoms. The lowest BCUT2D eigenvalue weighted by atomic mass is 10.1. The molecule has 0 fully saturated rings. The Balaban J connectivity index is 2.80. The minimum atomic E-state index is 0.595. The molecule has 0 aliphatic heterocycles. The van der Waals surface area contributed by atoms with Crippen LogP contribution >= 0.6 is 11.6 Å². The van der Waals surface area contributed by atoms with E-state index in [0.29, 0.717) is 5.88 Å². The molecule has 0 aromatic heterocycles. The highest BCUT2D eigenvalue weighted by atomic mass is 35.5. The third kappa shape index (κ3) is 1.74. The minimum Gasteiger partial charge on any atom is -0.122 e. The monoisotopic (exact) mass is 153 g/mol. The second kappa shape index (κ2) is 3.62. The first-order valence-electron chi connectivity index (χ1n) is 3.30. The lowest BCUT2D eigenvalue weighted by Crippen LogP contribution is -1.80. The fourth-order valence-corrected chi connectivity index (χ4v) is 0.973. The van der Waals surface area contributed by atoms with Crippen molar-refractivity contribution in [2.75, 3.05) is 0 Å². The second-order valence-corrected chi connectivity index (χ2v) is 2.47. The summed E-state index contributed by atoms with van der Waals surface area (Å²) in [5.41, 5.74) is 2.42. The zero-order valence-electron chi connectivity index (χ0n) is 5.81. The summed E-state index contributed by atoms with van der Waals surface area (Å²) in [7, 11) is 0. The van der Waals surface area contributed by atoms with Crippen molar-refractivity contribution >= 4 is 11.6 Å². The van der Waals surface area contributed by atoms with Crippen LogP contribution in [-0.2, 0) is 12.3 Å². The number of hydrogen-bond donors (Lipinski definition) is 0. The number of benzene rings is 1. The van der Waals surface area contributed by atoms with Crippen LogP contribution in [0.25, 0.3) is 0 Å². The predicted molar refractivity (Wildman–Crippen MR) is 45.1 cm³/mol. The van der Waals surface area contributed by atoms with Gasteiger partial charge in [0.05, 0.1) is 0 Å². The number of hydrogen-bond acceptors (Lipinski definition) is 0. The van der Waals surface area contributed by atoms with Crippen LogP contribution in [0.1, 0.15) is 11.1 Å². The molecule has 0 atom stereocenters. The third-order valence-electron chi connectivity index (χ3n) is 1.47. The van der Waals surface area contributed by atoms with Crippen molar-refractivity contribution in [3.8, 4) is 0 Å². The molecule has 1 aromatic rings. The molecule has 1 aromatic carbocycles. The second-order valence-electron chi connectivity index (χ2n) is 2.20. The van der Waals surface area contributed by atoms with Crippen LogP contribution in [0.3, 0.4) is 0 Å². The summed E-state index contributed by atoms with van der Waals surface area (Å²) in [5.74, 6) is 0.595. The predicted octanol–water partition coefficient (Wildman–Crippen LogP) is 2.80. The van der Waals surface area contributed by atoms with Crippen LogP contribution in [0.4, 0.5) is 0 Å². The Labute approximate surface area is 66.8 Å². The van der Waals surface area contributed by atoms with Crippen LogP contribution in [-0.4, -0.2) is 0 Å². The molecule has 0 unspecified atom stereocenters. The van der Waals surface area contributed by atoms with E-state index < -0.39 is 0 Å². The molecule has 53 valence electrons. The molecule has 0 amide bonds. The first-order valence-corrected chi connectivity index (χ1v) is 3.83. The summed E-state index contributed by atoms with van der Waals surface area (Å²) in [6, 6.07) is 8.19. The zero-order valence-corrected chi connectivity index (χ0v) is 6.56. The van der Waals surface area contributed by atoms with E-state index in [2.05, 4.69) is 19.1 Å². The van der Waals surface area contributed by atoms with Gasteiger partial charge in [0, 0.05) is 5.88 Å². The van der Waals surface area contributed by atoms with Gasteiger partial charge in [-0.2, -0.15) is 0 Å². The molecule has 0 aliphatic carbocycles. The Morgan fingerprint density at radius 1 is 1.10 bits per heavy atom. The fourth-order valence-electron chi connectivity index (χ4n) is 0.795. The average molecular weight is 154 g/mol. The Morgan fingerprint density at radius 3 is 2.00 bits per heavy atom. The molecule has 0 heterocycles. The van der Waals surface area contributed by atoms with Crippen molar-refractivity contribution in [2.45, 2.75) is 12.3 Å². The van der Waals surface area contributed by atoms with Crippen LogP contribution in [0.15, 0.2) is 24.3 Å². The van der Waals surface area contributed by atoms with Gasteiger partial charge in [-0.1, -0.05) is 24.3 Å². The zero-order chi connectivity index (χ0) is 7.40. The molecule has 10 heavy (non-hydrogen) atoms. The Bertz CT molecular complexity index is 165. The van der Waals surface area contributed by atoms with E-state index in [1.807, 2.05) is 12.1 Å². The Morgan fingerprint density at radius 2 is 1.60 bits per heavy atom. The SMILES string of the molecule is [CH2]Cc1ccc(CCl)cc1. The van der Waals surface area contributed by atoms with E-state index in [1.54, 1.807) is 0 Å². The highest BCUT2D eigenvalue weighted by molar-refractivity contribution is 6.17. The summed E-state index contributed by atoms with van der Waals surface area (Å²) in [6.07, 6.45) is 0.850. The molecular weight excluding hydrogens is 144 g/mol. The molecule has 0 bridgehead atoms. The quantitative estimate of drug-likeness (QED) is 0.574. The van der Waals surface area contributed by atoms with Crippen LogP contribution in [0.5, 0.6) is 0 Å². The number of alkyl halides is 1. The van der Waals surface area contributed by atoms with Gasteiger partial charge in [0.15, 0.2) is 0 Å². The molecule has 1 heteroatoms. The minimum absolute atomic E-state index is 0.595. The van der Waals surface area contributed by atoms with E-state index in [-0.39, 0.29) is 0 Å². The summed E-state index contributed by atoms with van der Waals surface area (Å²) in [4.78, 5) is 0. The van der Waals surface area contributed by atoms with Crippen molar-refractivity contribution in [1.82, 2.24) is 0 Å². The molecule has 0 saturated carbocycles. The van der Waals surface area contributed by atoms with Crippen molar-refractivity contribution in [3.63, 3.8) is 0 Å². The van der Waals surface area contributed by atoms with E-state index in [0.717, 1.165) is 6.42 Å². The lowest BCUT2D eigenvalue weighted by Gasteiger charge is -1.96. The van der Waals surface area contributed by atoms with Crippen molar-refractivity contribution in [3.05, 3.63) is 42.3 Å². The maximum atomic E-state index is 5.61. The smallest absolute Gasteiger partial charge is 0.0474 e. The Kier molecular flexibility index (Phi) is 2.76. The van der Waals surface area contributed by atoms with Crippen molar-refractivity contribution < 1.29 is 0 Å². The van der Waals surface area contributed by atoms with Crippen LogP contribution in [0.2, 0.25) is 0 Å². The van der Waals surface area contributed by atoms with E-state index in [9.17, 15) is 0 Å². The highest BCUT2D eigenvalue weighted by Gasteiger charge is 1.89. The van der Waals surface area contributed by atoms with Gasteiger partial charge in [0.25, 0.3) is 0 Å². The third-order valence-corrected chi connectivity index (χ3v) is 1.77. The van der Waals surface area contributed by atoms with Crippen LogP contribution < -0.4 is 0 Å². The molecule has 1 radical (unpaired) electrons. The van der Waals surface area contributed by atoms with E-state index in [4.69, 9.17) is 11.6 Å². The number of halogens is 1. The summed E-state index contributed by atoms with van der Waals surface area (Å²) in [6.45, 7) is 3.78. The van der Waals surface area contributed by atoms with E-state index >= 15 is 0 Å². The summed E-state index contributed by atoms with van der Waals surface area (Å²) < 4.78 is 0. The average Bonchev–Trinajstić information content (AvgIpc) is 2.05. The van der Waals surface area contributed by atoms with Crippen LogP contribution in [0, 0.1) is 6.92 Å². The van der Waals surface area contributed by atoms with Gasteiger partial charge in [-0.05, 0) is 24.5 Å². The maximum absolute atomic E-state index is 5.61. The molecule has 0 aliphatic rings. The first kappa shape index (κ1) is 7.62. The standard InChI is InChI=1S/C9H10Cl/c1-2-8-3-5-9(7-10)6-4-8/h3-6H,1-2,7H2. The normalized spacial score (nSPS) is 9.80. The Hall–Kier alpha value is -0.490. The van der Waals surface area contributed by atoms with Gasteiger partial charge >= 0.3 is 0 Å². The van der Waals surface area contributed by atoms with Gasteiger partial charge in [-0.3, -0.25) is 0 Å². The highest BCUT2D eigenvalue weighted by Crippen LogP contribution is 2.06. The molecule has 1 rings (SSSR count). The number of rotatable bonds is 2. The largest absolute Gasteiger partial charge is 0.122 e. The van der Waals surface area contributed by atoms with Gasteiger partial charge in [0.1, 0.15) is 0 Å². The lowest BCUT2D eigenvalue weighted by molar-refractivity contribution is 1.25. The molecular formula is C9H10Cl. The topological polar surface area (TPSA) is 0 Å². The van der Waals surface area contributed by atoms with Gasteiger partial charge in [-0.25, -0.2) is 0 Å².